The first-order chi connectivity index (χ1) is 8.29. The highest BCUT2D eigenvalue weighted by molar-refractivity contribution is 5.26. The Kier molecular flexibility index (Phi) is 4.61. The third-order valence-electron chi connectivity index (χ3n) is 3.73. The normalized spacial score (nSPS) is 17.1. The minimum atomic E-state index is 0.684. The van der Waals surface area contributed by atoms with Crippen LogP contribution >= 0.6 is 0 Å². The molecule has 0 bridgehead atoms. The molecule has 0 spiro atoms. The molecular formula is C16H25N. The van der Waals surface area contributed by atoms with Crippen molar-refractivity contribution < 1.29 is 0 Å². The second-order valence-electron chi connectivity index (χ2n) is 5.46. The summed E-state index contributed by atoms with van der Waals surface area (Å²) < 4.78 is 0. The summed E-state index contributed by atoms with van der Waals surface area (Å²) in [5.74, 6) is 1.01. The molecule has 1 aromatic carbocycles. The molecule has 17 heavy (non-hydrogen) atoms. The Labute approximate surface area is 106 Å². The first-order valence-corrected chi connectivity index (χ1v) is 7.07. The number of nitrogens with one attached hydrogen (secondary N) is 1. The summed E-state index contributed by atoms with van der Waals surface area (Å²) in [4.78, 5) is 0. The second-order valence-corrected chi connectivity index (χ2v) is 5.46. The number of aryl methyl sites for hydroxylation is 1. The lowest BCUT2D eigenvalue weighted by molar-refractivity contribution is 0.454. The van der Waals surface area contributed by atoms with Gasteiger partial charge in [-0.05, 0) is 49.8 Å². The molecule has 1 aliphatic rings. The van der Waals surface area contributed by atoms with Crippen LogP contribution in [0.25, 0.3) is 0 Å². The quantitative estimate of drug-likeness (QED) is 0.754. The molecule has 1 aliphatic carbocycles. The lowest BCUT2D eigenvalue weighted by Gasteiger charge is -2.19. The number of benzene rings is 1. The van der Waals surface area contributed by atoms with Crippen molar-refractivity contribution in [3.8, 4) is 0 Å². The predicted molar refractivity (Wildman–Crippen MR) is 74.3 cm³/mol. The molecule has 1 nitrogen and oxygen atoms in total. The zero-order chi connectivity index (χ0) is 12.1. The summed E-state index contributed by atoms with van der Waals surface area (Å²) in [6, 6.07) is 9.49. The molecule has 0 heterocycles. The smallest absolute Gasteiger partial charge is 0.0110 e. The van der Waals surface area contributed by atoms with Crippen LogP contribution in [0, 0.1) is 12.8 Å². The molecule has 2 rings (SSSR count). The van der Waals surface area contributed by atoms with Crippen LogP contribution in [0.5, 0.6) is 0 Å². The maximum Gasteiger partial charge on any atom is 0.0110 e. The fourth-order valence-electron chi connectivity index (χ4n) is 2.45. The van der Waals surface area contributed by atoms with Crippen molar-refractivity contribution in [2.75, 3.05) is 6.54 Å². The summed E-state index contributed by atoms with van der Waals surface area (Å²) in [5, 5.41) is 3.72. The molecule has 1 saturated carbocycles. The molecule has 1 unspecified atom stereocenters. The van der Waals surface area contributed by atoms with Crippen LogP contribution in [0.2, 0.25) is 0 Å². The van der Waals surface area contributed by atoms with Gasteiger partial charge >= 0.3 is 0 Å². The molecule has 0 radical (unpaired) electrons. The van der Waals surface area contributed by atoms with E-state index in [4.69, 9.17) is 0 Å². The minimum absolute atomic E-state index is 0.684. The maximum absolute atomic E-state index is 3.72. The molecule has 1 fully saturated rings. The topological polar surface area (TPSA) is 12.0 Å². The lowest BCUT2D eigenvalue weighted by Crippen LogP contribution is -2.32. The molecule has 1 N–H and O–H groups in total. The zero-order valence-electron chi connectivity index (χ0n) is 11.2. The van der Waals surface area contributed by atoms with Gasteiger partial charge in [0.05, 0.1) is 0 Å². The molecule has 0 amide bonds. The van der Waals surface area contributed by atoms with Gasteiger partial charge in [0.1, 0.15) is 0 Å². The Morgan fingerprint density at radius 3 is 2.71 bits per heavy atom. The van der Waals surface area contributed by atoms with Crippen molar-refractivity contribution in [2.45, 2.75) is 52.0 Å². The Hall–Kier alpha value is -0.820. The second kappa shape index (κ2) is 6.20. The molecular weight excluding hydrogens is 206 g/mol. The van der Waals surface area contributed by atoms with Crippen molar-refractivity contribution in [2.24, 2.45) is 5.92 Å². The molecule has 0 aliphatic heterocycles. The van der Waals surface area contributed by atoms with Gasteiger partial charge in [0.2, 0.25) is 0 Å². The highest BCUT2D eigenvalue weighted by atomic mass is 14.9. The van der Waals surface area contributed by atoms with Crippen molar-refractivity contribution in [3.63, 3.8) is 0 Å². The summed E-state index contributed by atoms with van der Waals surface area (Å²) in [5.41, 5.74) is 2.95. The van der Waals surface area contributed by atoms with Crippen LogP contribution < -0.4 is 5.32 Å². The molecule has 0 aromatic heterocycles. The van der Waals surface area contributed by atoms with Crippen LogP contribution in [-0.2, 0) is 6.42 Å². The van der Waals surface area contributed by atoms with Gasteiger partial charge in [0.15, 0.2) is 0 Å². The molecule has 1 atom stereocenters. The first kappa shape index (κ1) is 12.6. The summed E-state index contributed by atoms with van der Waals surface area (Å²) >= 11 is 0. The Balaban J connectivity index is 1.92. The van der Waals surface area contributed by atoms with Crippen LogP contribution in [-0.4, -0.2) is 12.6 Å². The number of hydrogen-bond donors (Lipinski definition) is 1. The maximum atomic E-state index is 3.72. The van der Waals surface area contributed by atoms with Crippen molar-refractivity contribution >= 4 is 0 Å². The highest BCUT2D eigenvalue weighted by Gasteiger charge is 2.25. The number of hydrogen-bond acceptors (Lipinski definition) is 1. The van der Waals surface area contributed by atoms with E-state index in [-0.39, 0.29) is 0 Å². The fourth-order valence-corrected chi connectivity index (χ4v) is 2.45. The van der Waals surface area contributed by atoms with E-state index in [0.717, 1.165) is 12.5 Å². The predicted octanol–water partition coefficient (Wildman–Crippen LogP) is 3.71. The number of rotatable bonds is 7. The van der Waals surface area contributed by atoms with Crippen molar-refractivity contribution in [1.29, 1.82) is 0 Å². The summed E-state index contributed by atoms with van der Waals surface area (Å²) in [6.07, 6.45) is 6.71. The SMILES string of the molecule is CCCNC(Cc1ccccc1C)CC1CC1. The monoisotopic (exact) mass is 231 g/mol. The van der Waals surface area contributed by atoms with Crippen LogP contribution in [0.15, 0.2) is 24.3 Å². The van der Waals surface area contributed by atoms with E-state index < -0.39 is 0 Å². The molecule has 0 saturated heterocycles. The third kappa shape index (κ3) is 4.16. The van der Waals surface area contributed by atoms with E-state index >= 15 is 0 Å². The summed E-state index contributed by atoms with van der Waals surface area (Å²) in [6.45, 7) is 5.63. The van der Waals surface area contributed by atoms with Crippen molar-refractivity contribution in [1.82, 2.24) is 5.32 Å². The summed E-state index contributed by atoms with van der Waals surface area (Å²) in [7, 11) is 0. The van der Waals surface area contributed by atoms with E-state index in [1.165, 1.54) is 43.2 Å². The molecule has 1 aromatic rings. The van der Waals surface area contributed by atoms with Gasteiger partial charge < -0.3 is 5.32 Å². The van der Waals surface area contributed by atoms with Crippen molar-refractivity contribution in [3.05, 3.63) is 35.4 Å². The van der Waals surface area contributed by atoms with Gasteiger partial charge in [0, 0.05) is 6.04 Å². The van der Waals surface area contributed by atoms with E-state index in [2.05, 4.69) is 43.4 Å². The van der Waals surface area contributed by atoms with Crippen LogP contribution in [0.3, 0.4) is 0 Å². The van der Waals surface area contributed by atoms with E-state index in [9.17, 15) is 0 Å². The van der Waals surface area contributed by atoms with Gasteiger partial charge in [-0.3, -0.25) is 0 Å². The standard InChI is InChI=1S/C16H25N/c1-3-10-17-16(11-14-8-9-14)12-15-7-5-4-6-13(15)2/h4-7,14,16-17H,3,8-12H2,1-2H3. The van der Waals surface area contributed by atoms with Gasteiger partial charge in [-0.1, -0.05) is 44.0 Å². The van der Waals surface area contributed by atoms with Gasteiger partial charge in [0.25, 0.3) is 0 Å². The van der Waals surface area contributed by atoms with E-state index in [1.807, 2.05) is 0 Å². The Morgan fingerprint density at radius 2 is 2.06 bits per heavy atom. The van der Waals surface area contributed by atoms with Gasteiger partial charge in [-0.2, -0.15) is 0 Å². The van der Waals surface area contributed by atoms with Crippen LogP contribution in [0.1, 0.15) is 43.7 Å². The van der Waals surface area contributed by atoms with E-state index in [0.29, 0.717) is 6.04 Å². The zero-order valence-corrected chi connectivity index (χ0v) is 11.2. The highest BCUT2D eigenvalue weighted by Crippen LogP contribution is 2.34. The Morgan fingerprint density at radius 1 is 1.29 bits per heavy atom. The average Bonchev–Trinajstić information content (AvgIpc) is 3.13. The van der Waals surface area contributed by atoms with Gasteiger partial charge in [-0.25, -0.2) is 0 Å². The third-order valence-corrected chi connectivity index (χ3v) is 3.73. The van der Waals surface area contributed by atoms with Gasteiger partial charge in [-0.15, -0.1) is 0 Å². The average molecular weight is 231 g/mol. The lowest BCUT2D eigenvalue weighted by atomic mass is 9.97. The first-order valence-electron chi connectivity index (χ1n) is 7.07. The fraction of sp³-hybridized carbons (Fsp3) is 0.625. The Bertz CT molecular complexity index is 341. The minimum Gasteiger partial charge on any atom is -0.314 e. The molecule has 1 heteroatoms. The molecule has 94 valence electrons. The van der Waals surface area contributed by atoms with E-state index in [1.54, 1.807) is 0 Å². The largest absolute Gasteiger partial charge is 0.314 e. The van der Waals surface area contributed by atoms with Crippen LogP contribution in [0.4, 0.5) is 0 Å².